The van der Waals surface area contributed by atoms with Gasteiger partial charge >= 0.3 is 0 Å². The molecule has 0 atom stereocenters. The minimum Gasteiger partial charge on any atom is -0.492 e. The average molecular weight is 450 g/mol. The van der Waals surface area contributed by atoms with Crippen molar-refractivity contribution >= 4 is 44.4 Å². The van der Waals surface area contributed by atoms with Gasteiger partial charge in [-0.1, -0.05) is 41.7 Å². The molecular weight excluding hydrogens is 426 g/mol. The Bertz CT molecular complexity index is 1130. The first-order chi connectivity index (χ1) is 15.2. The number of pyridine rings is 1. The summed E-state index contributed by atoms with van der Waals surface area (Å²) in [5, 5.41) is 0.669. The molecule has 158 valence electrons. The van der Waals surface area contributed by atoms with E-state index in [1.54, 1.807) is 22.9 Å². The fraction of sp³-hybridized carbons (Fsp3) is 0.208. The number of aromatic nitrogens is 2. The molecule has 0 unspecified atom stereocenters. The van der Waals surface area contributed by atoms with Crippen molar-refractivity contribution in [1.82, 2.24) is 9.97 Å². The minimum absolute atomic E-state index is 0.0334. The predicted molar refractivity (Wildman–Crippen MR) is 128 cm³/mol. The molecule has 0 spiro atoms. The van der Waals surface area contributed by atoms with Gasteiger partial charge in [-0.15, -0.1) is 11.8 Å². The molecule has 0 radical (unpaired) electrons. The van der Waals surface area contributed by atoms with Crippen molar-refractivity contribution in [2.45, 2.75) is 24.8 Å². The van der Waals surface area contributed by atoms with Gasteiger partial charge in [0.05, 0.1) is 23.5 Å². The highest BCUT2D eigenvalue weighted by Crippen LogP contribution is 2.35. The molecule has 0 N–H and O–H groups in total. The highest BCUT2D eigenvalue weighted by Gasteiger charge is 2.21. The van der Waals surface area contributed by atoms with Gasteiger partial charge in [-0.3, -0.25) is 14.7 Å². The summed E-state index contributed by atoms with van der Waals surface area (Å²) in [6, 6.07) is 21.7. The molecule has 2 heterocycles. The average Bonchev–Trinajstić information content (AvgIpc) is 3.24. The third kappa shape index (κ3) is 5.42. The summed E-state index contributed by atoms with van der Waals surface area (Å²) in [6.07, 6.45) is 2.16. The molecule has 0 fully saturated rings. The van der Waals surface area contributed by atoms with Gasteiger partial charge in [-0.05, 0) is 43.3 Å². The molecule has 5 nitrogen and oxygen atoms in total. The number of hydrogen-bond donors (Lipinski definition) is 0. The zero-order chi connectivity index (χ0) is 21.5. The van der Waals surface area contributed by atoms with E-state index in [2.05, 4.69) is 17.1 Å². The van der Waals surface area contributed by atoms with Gasteiger partial charge in [0, 0.05) is 23.3 Å². The van der Waals surface area contributed by atoms with Crippen LogP contribution >= 0.6 is 23.1 Å². The van der Waals surface area contributed by atoms with Crippen molar-refractivity contribution < 1.29 is 9.53 Å². The first kappa shape index (κ1) is 21.3. The second-order valence-corrected chi connectivity index (χ2v) is 8.92. The van der Waals surface area contributed by atoms with Crippen molar-refractivity contribution in [3.05, 3.63) is 78.6 Å². The largest absolute Gasteiger partial charge is 0.492 e. The SMILES string of the molecule is CCOc1cccc2sc(N(Cc3ccccn3)C(=O)CCSc3ccccc3)nc12. The third-order valence-electron chi connectivity index (χ3n) is 4.58. The fourth-order valence-corrected chi connectivity index (χ4v) is 4.98. The number of carbonyl (C=O) groups excluding carboxylic acids is 1. The number of hydrogen-bond acceptors (Lipinski definition) is 6. The maximum atomic E-state index is 13.2. The van der Waals surface area contributed by atoms with Crippen LogP contribution in [0.5, 0.6) is 5.75 Å². The lowest BCUT2D eigenvalue weighted by atomic mass is 10.3. The van der Waals surface area contributed by atoms with Gasteiger partial charge in [0.2, 0.25) is 5.91 Å². The van der Waals surface area contributed by atoms with E-state index in [9.17, 15) is 4.79 Å². The number of ether oxygens (including phenoxy) is 1. The summed E-state index contributed by atoms with van der Waals surface area (Å²) in [5.41, 5.74) is 1.62. The Morgan fingerprint density at radius 2 is 1.90 bits per heavy atom. The molecule has 0 saturated carbocycles. The smallest absolute Gasteiger partial charge is 0.229 e. The second kappa shape index (κ2) is 10.4. The molecule has 31 heavy (non-hydrogen) atoms. The van der Waals surface area contributed by atoms with Gasteiger partial charge in [0.1, 0.15) is 11.3 Å². The maximum absolute atomic E-state index is 13.2. The maximum Gasteiger partial charge on any atom is 0.229 e. The van der Waals surface area contributed by atoms with Crippen LogP contribution in [0.2, 0.25) is 0 Å². The fourth-order valence-electron chi connectivity index (χ4n) is 3.12. The van der Waals surface area contributed by atoms with Gasteiger partial charge in [-0.2, -0.15) is 0 Å². The van der Waals surface area contributed by atoms with Crippen molar-refractivity contribution in [1.29, 1.82) is 0 Å². The highest BCUT2D eigenvalue weighted by molar-refractivity contribution is 7.99. The predicted octanol–water partition coefficient (Wildman–Crippen LogP) is 5.81. The summed E-state index contributed by atoms with van der Waals surface area (Å²) in [4.78, 5) is 25.3. The van der Waals surface area contributed by atoms with Crippen LogP contribution in [-0.2, 0) is 11.3 Å². The van der Waals surface area contributed by atoms with Crippen LogP contribution in [0.25, 0.3) is 10.2 Å². The Kier molecular flexibility index (Phi) is 7.17. The van der Waals surface area contributed by atoms with Crippen LogP contribution in [0.1, 0.15) is 19.0 Å². The summed E-state index contributed by atoms with van der Waals surface area (Å²) in [5.74, 6) is 1.48. The van der Waals surface area contributed by atoms with Gasteiger partial charge < -0.3 is 4.74 Å². The van der Waals surface area contributed by atoms with Gasteiger partial charge in [0.15, 0.2) is 5.13 Å². The van der Waals surface area contributed by atoms with E-state index in [0.717, 1.165) is 26.6 Å². The number of carbonyl (C=O) groups is 1. The van der Waals surface area contributed by atoms with Crippen molar-refractivity contribution in [2.24, 2.45) is 0 Å². The van der Waals surface area contributed by atoms with Crippen LogP contribution in [0.3, 0.4) is 0 Å². The number of thioether (sulfide) groups is 1. The Morgan fingerprint density at radius 3 is 2.68 bits per heavy atom. The van der Waals surface area contributed by atoms with Crippen LogP contribution < -0.4 is 9.64 Å². The summed E-state index contributed by atoms with van der Waals surface area (Å²) in [7, 11) is 0. The Balaban J connectivity index is 1.57. The lowest BCUT2D eigenvalue weighted by Gasteiger charge is -2.19. The molecule has 1 amide bonds. The minimum atomic E-state index is 0.0334. The first-order valence-corrected chi connectivity index (χ1v) is 12.0. The number of nitrogens with zero attached hydrogens (tertiary/aromatic N) is 3. The first-order valence-electron chi connectivity index (χ1n) is 10.1. The molecule has 0 saturated heterocycles. The van der Waals surface area contributed by atoms with Crippen molar-refractivity contribution in [3.63, 3.8) is 0 Å². The summed E-state index contributed by atoms with van der Waals surface area (Å²) < 4.78 is 6.73. The molecular formula is C24H23N3O2S2. The lowest BCUT2D eigenvalue weighted by Crippen LogP contribution is -2.30. The number of fused-ring (bicyclic) bond motifs is 1. The van der Waals surface area contributed by atoms with Crippen molar-refractivity contribution in [2.75, 3.05) is 17.3 Å². The van der Waals surface area contributed by atoms with Gasteiger partial charge in [0.25, 0.3) is 0 Å². The molecule has 0 aliphatic rings. The molecule has 7 heteroatoms. The van der Waals surface area contributed by atoms with Crippen LogP contribution in [0.15, 0.2) is 77.8 Å². The van der Waals surface area contributed by atoms with E-state index in [1.165, 1.54) is 11.3 Å². The van der Waals surface area contributed by atoms with Gasteiger partial charge in [-0.25, -0.2) is 4.98 Å². The number of anilines is 1. The molecule has 2 aromatic heterocycles. The second-order valence-electron chi connectivity index (χ2n) is 6.74. The third-order valence-corrected chi connectivity index (χ3v) is 6.63. The molecule has 2 aromatic carbocycles. The van der Waals surface area contributed by atoms with E-state index in [-0.39, 0.29) is 5.91 Å². The van der Waals surface area contributed by atoms with E-state index in [4.69, 9.17) is 9.72 Å². The molecule has 0 aliphatic heterocycles. The molecule has 4 rings (SSSR count). The zero-order valence-electron chi connectivity index (χ0n) is 17.2. The molecule has 4 aromatic rings. The highest BCUT2D eigenvalue weighted by atomic mass is 32.2. The van der Waals surface area contributed by atoms with E-state index >= 15 is 0 Å². The topological polar surface area (TPSA) is 55.3 Å². The zero-order valence-corrected chi connectivity index (χ0v) is 18.9. The Hall–Kier alpha value is -2.90. The monoisotopic (exact) mass is 449 g/mol. The Labute approximate surface area is 190 Å². The number of benzene rings is 2. The van der Waals surface area contributed by atoms with Crippen LogP contribution in [0.4, 0.5) is 5.13 Å². The van der Waals surface area contributed by atoms with Crippen LogP contribution in [-0.4, -0.2) is 28.2 Å². The van der Waals surface area contributed by atoms with Crippen molar-refractivity contribution in [3.8, 4) is 5.75 Å². The number of rotatable bonds is 9. The quantitative estimate of drug-likeness (QED) is 0.302. The Morgan fingerprint density at radius 1 is 1.06 bits per heavy atom. The lowest BCUT2D eigenvalue weighted by molar-refractivity contribution is -0.118. The standard InChI is InChI=1S/C24H23N3O2S2/c1-2-29-20-12-8-13-21-23(20)26-24(31-21)27(17-18-9-6-7-15-25-18)22(28)14-16-30-19-10-4-3-5-11-19/h3-13,15H,2,14,16-17H2,1H3. The summed E-state index contributed by atoms with van der Waals surface area (Å²) in [6.45, 7) is 2.91. The van der Waals surface area contributed by atoms with E-state index in [0.29, 0.717) is 30.5 Å². The molecule has 0 aliphatic carbocycles. The number of thiazole rings is 1. The van der Waals surface area contributed by atoms with Crippen LogP contribution in [0, 0.1) is 0 Å². The van der Waals surface area contributed by atoms with E-state index in [1.807, 2.05) is 61.5 Å². The number of amides is 1. The number of para-hydroxylation sites is 1. The normalized spacial score (nSPS) is 10.9. The molecule has 0 bridgehead atoms. The van der Waals surface area contributed by atoms with E-state index < -0.39 is 0 Å². The summed E-state index contributed by atoms with van der Waals surface area (Å²) >= 11 is 3.18.